The van der Waals surface area contributed by atoms with Gasteiger partial charge in [-0.15, -0.1) is 5.10 Å². The van der Waals surface area contributed by atoms with Crippen LogP contribution in [0.2, 0.25) is 0 Å². The summed E-state index contributed by atoms with van der Waals surface area (Å²) >= 11 is 1.57. The molecule has 4 rings (SSSR count). The third kappa shape index (κ3) is 3.54. The number of thiazole rings is 1. The molecule has 1 fully saturated rings. The van der Waals surface area contributed by atoms with Gasteiger partial charge in [0.05, 0.1) is 6.54 Å². The molecule has 2 aromatic heterocycles. The second-order valence-electron chi connectivity index (χ2n) is 8.16. The third-order valence-electron chi connectivity index (χ3n) is 6.01. The molecule has 3 aromatic rings. The van der Waals surface area contributed by atoms with Gasteiger partial charge in [-0.1, -0.05) is 49.4 Å². The minimum atomic E-state index is 0.119. The molecule has 0 saturated carbocycles. The van der Waals surface area contributed by atoms with Gasteiger partial charge in [0, 0.05) is 5.56 Å². The van der Waals surface area contributed by atoms with E-state index in [1.165, 1.54) is 35.7 Å². The molecule has 3 heterocycles. The van der Waals surface area contributed by atoms with Gasteiger partial charge in [-0.05, 0) is 25.3 Å². The average molecular weight is 402 g/mol. The van der Waals surface area contributed by atoms with Gasteiger partial charge < -0.3 is 14.9 Å². The van der Waals surface area contributed by atoms with Gasteiger partial charge in [0.15, 0.2) is 6.04 Å². The lowest BCUT2D eigenvalue weighted by atomic mass is 9.97. The van der Waals surface area contributed by atoms with E-state index in [0.717, 1.165) is 22.9 Å². The topological polar surface area (TPSA) is 59.3 Å². The lowest BCUT2D eigenvalue weighted by Crippen LogP contribution is -3.28. The normalized spacial score (nSPS) is 21.5. The Bertz CT molecular complexity index is 938. The van der Waals surface area contributed by atoms with Crippen molar-refractivity contribution in [1.29, 1.82) is 0 Å². The lowest BCUT2D eigenvalue weighted by molar-refractivity contribution is -1.02. The van der Waals surface area contributed by atoms with Crippen LogP contribution >= 0.6 is 11.3 Å². The fraction of sp³-hybridized carbons (Fsp3) is 0.524. The van der Waals surface area contributed by atoms with Crippen molar-refractivity contribution in [3.05, 3.63) is 46.1 Å². The summed E-state index contributed by atoms with van der Waals surface area (Å²) in [6.07, 6.45) is 0. The fourth-order valence-electron chi connectivity index (χ4n) is 4.25. The van der Waals surface area contributed by atoms with Crippen molar-refractivity contribution in [2.75, 3.05) is 32.7 Å². The molecule has 7 heteroatoms. The number of aromatic nitrogens is 3. The monoisotopic (exact) mass is 401 g/mol. The molecule has 1 saturated heterocycles. The van der Waals surface area contributed by atoms with Gasteiger partial charge >= 0.3 is 0 Å². The Hall–Kier alpha value is -1.96. The van der Waals surface area contributed by atoms with E-state index in [2.05, 4.69) is 55.1 Å². The number of rotatable bonds is 5. The molecule has 0 unspecified atom stereocenters. The predicted octanol–water partition coefficient (Wildman–Crippen LogP) is 0.821. The van der Waals surface area contributed by atoms with Gasteiger partial charge in [-0.25, -0.2) is 4.98 Å². The number of fused-ring (bicyclic) bond motifs is 1. The van der Waals surface area contributed by atoms with Crippen molar-refractivity contribution in [2.45, 2.75) is 39.7 Å². The summed E-state index contributed by atoms with van der Waals surface area (Å²) in [7, 11) is 0. The van der Waals surface area contributed by atoms with Gasteiger partial charge in [-0.2, -0.15) is 4.52 Å². The Labute approximate surface area is 170 Å². The van der Waals surface area contributed by atoms with E-state index in [9.17, 15) is 5.11 Å². The van der Waals surface area contributed by atoms with Crippen molar-refractivity contribution in [1.82, 2.24) is 14.6 Å². The number of likely N-dealkylation sites (N-methyl/N-ethyl adjacent to an activating group) is 1. The Morgan fingerprint density at radius 3 is 2.32 bits per heavy atom. The number of hydrogen-bond acceptors (Lipinski definition) is 4. The first-order chi connectivity index (χ1) is 13.5. The zero-order valence-electron chi connectivity index (χ0n) is 17.2. The standard InChI is InChI=1S/C21H29N5OS/c1-5-24-10-12-25(13-11-24)18(17-8-6-16(7-9-17)14(2)3)19-20(27)26-21(28-19)22-15(4)23-26/h6-9,14,18,27H,5,10-13H2,1-4H3/p+2/t18-/m0/s1. The zero-order chi connectivity index (χ0) is 19.8. The molecule has 6 nitrogen and oxygen atoms in total. The largest absolute Gasteiger partial charge is 0.492 e. The van der Waals surface area contributed by atoms with Crippen molar-refractivity contribution in [2.24, 2.45) is 0 Å². The van der Waals surface area contributed by atoms with E-state index in [1.807, 2.05) is 6.92 Å². The van der Waals surface area contributed by atoms with Crippen LogP contribution in [0.4, 0.5) is 0 Å². The van der Waals surface area contributed by atoms with Crippen LogP contribution in [0, 0.1) is 6.92 Å². The molecule has 0 spiro atoms. The van der Waals surface area contributed by atoms with Crippen LogP contribution in [0.5, 0.6) is 5.88 Å². The molecule has 0 amide bonds. The molecule has 150 valence electrons. The molecule has 1 aliphatic rings. The Morgan fingerprint density at radius 1 is 1.11 bits per heavy atom. The predicted molar refractivity (Wildman–Crippen MR) is 112 cm³/mol. The summed E-state index contributed by atoms with van der Waals surface area (Å²) in [5.41, 5.74) is 2.61. The van der Waals surface area contributed by atoms with E-state index in [4.69, 9.17) is 0 Å². The van der Waals surface area contributed by atoms with Gasteiger partial charge in [0.25, 0.3) is 0 Å². The lowest BCUT2D eigenvalue weighted by Gasteiger charge is -2.34. The number of aromatic hydroxyl groups is 1. The zero-order valence-corrected chi connectivity index (χ0v) is 18.0. The second-order valence-corrected chi connectivity index (χ2v) is 9.17. The molecular formula is C21H31N5OS+2. The first-order valence-electron chi connectivity index (χ1n) is 10.3. The van der Waals surface area contributed by atoms with Crippen LogP contribution in [0.1, 0.15) is 54.6 Å². The first kappa shape index (κ1) is 19.4. The number of aryl methyl sites for hydroxylation is 1. The molecule has 28 heavy (non-hydrogen) atoms. The van der Waals surface area contributed by atoms with Crippen molar-refractivity contribution in [3.8, 4) is 5.88 Å². The van der Waals surface area contributed by atoms with Crippen LogP contribution in [-0.2, 0) is 0 Å². The van der Waals surface area contributed by atoms with E-state index in [0.29, 0.717) is 11.7 Å². The molecule has 1 aliphatic heterocycles. The average Bonchev–Trinajstić information content (AvgIpc) is 3.20. The quantitative estimate of drug-likeness (QED) is 0.593. The number of quaternary nitrogens is 2. The number of benzene rings is 1. The molecule has 0 bridgehead atoms. The van der Waals surface area contributed by atoms with Crippen molar-refractivity contribution in [3.63, 3.8) is 0 Å². The molecule has 1 atom stereocenters. The smallest absolute Gasteiger partial charge is 0.235 e. The van der Waals surface area contributed by atoms with Gasteiger partial charge in [0.1, 0.15) is 36.9 Å². The molecule has 0 aliphatic carbocycles. The SMILES string of the molecule is CC[NH+]1CC[NH+]([C@@H](c2ccc(C(C)C)cc2)c2sc3nc(C)nn3c2O)CC1. The van der Waals surface area contributed by atoms with Crippen LogP contribution in [0.15, 0.2) is 24.3 Å². The van der Waals surface area contributed by atoms with Crippen molar-refractivity contribution < 1.29 is 14.9 Å². The fourth-order valence-corrected chi connectivity index (χ4v) is 5.44. The minimum absolute atomic E-state index is 0.119. The second kappa shape index (κ2) is 7.81. The van der Waals surface area contributed by atoms with Crippen LogP contribution in [-0.4, -0.2) is 52.4 Å². The van der Waals surface area contributed by atoms with Gasteiger partial charge in [-0.3, -0.25) is 0 Å². The first-order valence-corrected chi connectivity index (χ1v) is 11.1. The van der Waals surface area contributed by atoms with E-state index >= 15 is 0 Å². The summed E-state index contributed by atoms with van der Waals surface area (Å²) < 4.78 is 1.60. The number of hydrogen-bond donors (Lipinski definition) is 3. The maximum Gasteiger partial charge on any atom is 0.235 e. The number of nitrogens with zero attached hydrogens (tertiary/aromatic N) is 3. The Balaban J connectivity index is 1.74. The number of piperazine rings is 1. The molecule has 1 aromatic carbocycles. The highest BCUT2D eigenvalue weighted by Crippen LogP contribution is 2.35. The van der Waals surface area contributed by atoms with Crippen LogP contribution in [0.3, 0.4) is 0 Å². The minimum Gasteiger partial charge on any atom is -0.492 e. The summed E-state index contributed by atoms with van der Waals surface area (Å²) in [6.45, 7) is 14.3. The maximum absolute atomic E-state index is 11.0. The van der Waals surface area contributed by atoms with Crippen LogP contribution in [0.25, 0.3) is 4.96 Å². The number of nitrogens with one attached hydrogen (secondary N) is 2. The van der Waals surface area contributed by atoms with Gasteiger partial charge in [0.2, 0.25) is 10.8 Å². The molecular weight excluding hydrogens is 370 g/mol. The molecule has 0 radical (unpaired) electrons. The third-order valence-corrected chi connectivity index (χ3v) is 7.10. The summed E-state index contributed by atoms with van der Waals surface area (Å²) in [5.74, 6) is 1.46. The van der Waals surface area contributed by atoms with Crippen LogP contribution < -0.4 is 9.80 Å². The molecule has 3 N–H and O–H groups in total. The van der Waals surface area contributed by atoms with E-state index in [-0.39, 0.29) is 11.9 Å². The highest BCUT2D eigenvalue weighted by molar-refractivity contribution is 7.17. The van der Waals surface area contributed by atoms with Crippen molar-refractivity contribution >= 4 is 16.3 Å². The van der Waals surface area contributed by atoms with E-state index in [1.54, 1.807) is 20.8 Å². The Kier molecular flexibility index (Phi) is 5.40. The highest BCUT2D eigenvalue weighted by atomic mass is 32.1. The highest BCUT2D eigenvalue weighted by Gasteiger charge is 2.35. The Morgan fingerprint density at radius 2 is 1.75 bits per heavy atom. The summed E-state index contributed by atoms with van der Waals surface area (Å²) in [5, 5.41) is 15.3. The summed E-state index contributed by atoms with van der Waals surface area (Å²) in [6, 6.07) is 9.07. The summed E-state index contributed by atoms with van der Waals surface area (Å²) in [4.78, 5) is 9.41. The maximum atomic E-state index is 11.0. The van der Waals surface area contributed by atoms with E-state index < -0.39 is 0 Å².